The van der Waals surface area contributed by atoms with Gasteiger partial charge in [-0.2, -0.15) is 5.26 Å². The Labute approximate surface area is 167 Å². The number of nitriles is 1. The molecule has 1 unspecified atom stereocenters. The second-order valence-electron chi connectivity index (χ2n) is 7.33. The van der Waals surface area contributed by atoms with Crippen molar-refractivity contribution in [2.45, 2.75) is 35.6 Å². The van der Waals surface area contributed by atoms with Crippen LogP contribution in [0.1, 0.15) is 22.7 Å². The van der Waals surface area contributed by atoms with Gasteiger partial charge in [0, 0.05) is 11.4 Å². The summed E-state index contributed by atoms with van der Waals surface area (Å²) in [5, 5.41) is 9.41. The van der Waals surface area contributed by atoms with E-state index in [0.717, 1.165) is 17.5 Å². The molecule has 0 radical (unpaired) electrons. The van der Waals surface area contributed by atoms with Gasteiger partial charge in [0.25, 0.3) is 0 Å². The first-order chi connectivity index (χ1) is 13.6. The number of carbonyl (C=O) groups is 1. The first-order valence-corrected chi connectivity index (χ1v) is 10.6. The highest BCUT2D eigenvalue weighted by Gasteiger charge is 2.57. The largest absolute Gasteiger partial charge is 0.468 e. The molecule has 0 amide bonds. The van der Waals surface area contributed by atoms with E-state index in [1.54, 1.807) is 0 Å². The van der Waals surface area contributed by atoms with Gasteiger partial charge in [-0.3, -0.25) is 13.9 Å². The van der Waals surface area contributed by atoms with Crippen molar-refractivity contribution in [3.8, 4) is 6.07 Å². The van der Waals surface area contributed by atoms with E-state index < -0.39 is 34.0 Å². The normalized spacial score (nSPS) is 27.3. The topological polar surface area (TPSA) is 70.4 Å². The van der Waals surface area contributed by atoms with Crippen LogP contribution < -0.4 is 0 Å². The fourth-order valence-corrected chi connectivity index (χ4v) is 6.20. The third-order valence-electron chi connectivity index (χ3n) is 5.83. The first-order valence-electron chi connectivity index (χ1n) is 9.35. The van der Waals surface area contributed by atoms with Gasteiger partial charge in [-0.05, 0) is 36.6 Å². The van der Waals surface area contributed by atoms with Crippen LogP contribution in [-0.2, 0) is 26.8 Å². The van der Waals surface area contributed by atoms with Crippen LogP contribution in [0.3, 0.4) is 0 Å². The summed E-state index contributed by atoms with van der Waals surface area (Å²) in [6, 6.07) is 16.9. The lowest BCUT2D eigenvalue weighted by atomic mass is 9.87. The van der Waals surface area contributed by atoms with Crippen LogP contribution in [-0.4, -0.2) is 40.0 Å². The molecule has 6 heteroatoms. The molecule has 5 atom stereocenters. The lowest BCUT2D eigenvalue weighted by Crippen LogP contribution is -2.46. The van der Waals surface area contributed by atoms with Crippen molar-refractivity contribution in [3.63, 3.8) is 0 Å². The molecule has 0 saturated carbocycles. The number of aryl methyl sites for hydroxylation is 1. The maximum absolute atomic E-state index is 13.5. The molecule has 28 heavy (non-hydrogen) atoms. The van der Waals surface area contributed by atoms with Gasteiger partial charge in [0.15, 0.2) is 0 Å². The zero-order valence-corrected chi connectivity index (χ0v) is 16.7. The molecule has 2 aromatic rings. The zero-order valence-electron chi connectivity index (χ0n) is 15.9. The minimum atomic E-state index is -1.51. The monoisotopic (exact) mass is 394 g/mol. The summed E-state index contributed by atoms with van der Waals surface area (Å²) in [4.78, 5) is 15.4. The maximum atomic E-state index is 13.5. The van der Waals surface area contributed by atoms with Crippen LogP contribution in [0.4, 0.5) is 0 Å². The predicted octanol–water partition coefficient (Wildman–Crippen LogP) is 2.77. The summed E-state index contributed by atoms with van der Waals surface area (Å²) < 4.78 is 18.6. The van der Waals surface area contributed by atoms with Gasteiger partial charge in [0.2, 0.25) is 0 Å². The minimum absolute atomic E-state index is 0.251. The number of carbonyl (C=O) groups excluding carboxylic acids is 1. The summed E-state index contributed by atoms with van der Waals surface area (Å²) in [7, 11) is -0.160. The third-order valence-corrected chi connectivity index (χ3v) is 7.61. The summed E-state index contributed by atoms with van der Waals surface area (Å²) in [6.07, 6.45) is 0.794. The van der Waals surface area contributed by atoms with Crippen molar-refractivity contribution in [2.24, 2.45) is 5.92 Å². The molecule has 4 rings (SSSR count). The molecular weight excluding hydrogens is 372 g/mol. The van der Waals surface area contributed by atoms with E-state index in [1.165, 1.54) is 12.7 Å². The number of hydrogen-bond acceptors (Lipinski definition) is 5. The smallest absolute Gasteiger partial charge is 0.324 e. The SMILES string of the molecule is COC(=O)[C@H]1[C@H](S(=O)c2ccc(C)cc2)[C@H](C#N)[C@@H]2c3ccccc3CCN12. The van der Waals surface area contributed by atoms with Gasteiger partial charge in [-0.25, -0.2) is 0 Å². The lowest BCUT2D eigenvalue weighted by molar-refractivity contribution is -0.146. The average molecular weight is 394 g/mol. The second kappa shape index (κ2) is 7.50. The number of hydrogen-bond donors (Lipinski definition) is 0. The Morgan fingerprint density at radius 1 is 1.21 bits per heavy atom. The molecular formula is C22H22N2O3S. The number of esters is 1. The molecule has 0 aliphatic carbocycles. The highest BCUT2D eigenvalue weighted by Crippen LogP contribution is 2.47. The van der Waals surface area contributed by atoms with Crippen molar-refractivity contribution in [1.82, 2.24) is 4.90 Å². The first kappa shape index (κ1) is 18.9. The Morgan fingerprint density at radius 2 is 1.93 bits per heavy atom. The van der Waals surface area contributed by atoms with Gasteiger partial charge in [-0.1, -0.05) is 42.0 Å². The van der Waals surface area contributed by atoms with Gasteiger partial charge in [0.1, 0.15) is 6.04 Å². The van der Waals surface area contributed by atoms with E-state index in [2.05, 4.69) is 12.1 Å². The molecule has 0 spiro atoms. The van der Waals surface area contributed by atoms with Crippen LogP contribution in [0.5, 0.6) is 0 Å². The Kier molecular flexibility index (Phi) is 5.05. The Balaban J connectivity index is 1.82. The van der Waals surface area contributed by atoms with Crippen molar-refractivity contribution in [2.75, 3.05) is 13.7 Å². The molecule has 2 aromatic carbocycles. The fourth-order valence-electron chi connectivity index (χ4n) is 4.51. The summed E-state index contributed by atoms with van der Waals surface area (Å²) in [5.74, 6) is -0.986. The molecule has 144 valence electrons. The Morgan fingerprint density at radius 3 is 2.61 bits per heavy atom. The highest BCUT2D eigenvalue weighted by atomic mass is 32.2. The Hall–Kier alpha value is -2.49. The van der Waals surface area contributed by atoms with Crippen LogP contribution in [0, 0.1) is 24.2 Å². The second-order valence-corrected chi connectivity index (χ2v) is 8.94. The van der Waals surface area contributed by atoms with Crippen molar-refractivity contribution < 1.29 is 13.7 Å². The van der Waals surface area contributed by atoms with Gasteiger partial charge < -0.3 is 4.74 Å². The summed E-state index contributed by atoms with van der Waals surface area (Å²) in [6.45, 7) is 2.61. The molecule has 5 nitrogen and oxygen atoms in total. The quantitative estimate of drug-likeness (QED) is 0.749. The van der Waals surface area contributed by atoms with Gasteiger partial charge in [0.05, 0.1) is 41.2 Å². The number of methoxy groups -OCH3 is 1. The van der Waals surface area contributed by atoms with Gasteiger partial charge >= 0.3 is 5.97 Å². The van der Waals surface area contributed by atoms with Gasteiger partial charge in [-0.15, -0.1) is 0 Å². The van der Waals surface area contributed by atoms with Crippen LogP contribution in [0.15, 0.2) is 53.4 Å². The number of ether oxygens (including phenoxy) is 1. The van der Waals surface area contributed by atoms with E-state index in [9.17, 15) is 14.3 Å². The Bertz CT molecular complexity index is 966. The number of nitrogens with zero attached hydrogens (tertiary/aromatic N) is 2. The summed E-state index contributed by atoms with van der Waals surface area (Å²) in [5.41, 5.74) is 3.31. The molecule has 2 aliphatic heterocycles. The van der Waals surface area contributed by atoms with Crippen LogP contribution >= 0.6 is 0 Å². The molecule has 0 aromatic heterocycles. The summed E-state index contributed by atoms with van der Waals surface area (Å²) >= 11 is 0. The fraction of sp³-hybridized carbons (Fsp3) is 0.364. The molecule has 2 heterocycles. The standard InChI is InChI=1S/C22H22N2O3S/c1-14-7-9-16(10-8-14)28(26)21-18(13-23)19-17-6-4-3-5-15(17)11-12-24(19)20(21)22(25)27-2/h3-10,18-21H,11-12H2,1-2H3/t18-,19+,20-,21-,28?/m1/s1. The molecule has 1 saturated heterocycles. The predicted molar refractivity (Wildman–Crippen MR) is 106 cm³/mol. The number of rotatable bonds is 3. The number of benzene rings is 2. The van der Waals surface area contributed by atoms with E-state index >= 15 is 0 Å². The highest BCUT2D eigenvalue weighted by molar-refractivity contribution is 7.85. The molecule has 0 N–H and O–H groups in total. The van der Waals surface area contributed by atoms with Crippen molar-refractivity contribution >= 4 is 16.8 Å². The minimum Gasteiger partial charge on any atom is -0.468 e. The average Bonchev–Trinajstić information content (AvgIpc) is 3.08. The van der Waals surface area contributed by atoms with Crippen LogP contribution in [0.2, 0.25) is 0 Å². The lowest BCUT2D eigenvalue weighted by Gasteiger charge is -2.35. The molecule has 1 fully saturated rings. The maximum Gasteiger partial charge on any atom is 0.324 e. The third kappa shape index (κ3) is 2.95. The van der Waals surface area contributed by atoms with E-state index in [-0.39, 0.29) is 6.04 Å². The van der Waals surface area contributed by atoms with E-state index in [0.29, 0.717) is 11.4 Å². The number of fused-ring (bicyclic) bond motifs is 3. The van der Waals surface area contributed by atoms with E-state index in [1.807, 2.05) is 54.3 Å². The van der Waals surface area contributed by atoms with Crippen molar-refractivity contribution in [3.05, 3.63) is 65.2 Å². The molecule has 0 bridgehead atoms. The molecule has 2 aliphatic rings. The van der Waals surface area contributed by atoms with Crippen LogP contribution in [0.25, 0.3) is 0 Å². The zero-order chi connectivity index (χ0) is 19.8. The van der Waals surface area contributed by atoms with Crippen molar-refractivity contribution in [1.29, 1.82) is 5.26 Å². The van der Waals surface area contributed by atoms with E-state index in [4.69, 9.17) is 4.74 Å².